The second-order valence-electron chi connectivity index (χ2n) is 4.78. The monoisotopic (exact) mass is 248 g/mol. The van der Waals surface area contributed by atoms with Crippen LogP contribution in [0.4, 0.5) is 5.69 Å². The van der Waals surface area contributed by atoms with Crippen molar-refractivity contribution >= 4 is 12.0 Å². The molecule has 1 aliphatic rings. The zero-order valence-electron chi connectivity index (χ0n) is 10.5. The zero-order chi connectivity index (χ0) is 13.0. The molecule has 0 saturated heterocycles. The molecule has 1 unspecified atom stereocenters. The van der Waals surface area contributed by atoms with E-state index in [1.807, 2.05) is 6.07 Å². The molecule has 4 heteroatoms. The van der Waals surface area contributed by atoms with Crippen LogP contribution in [0.1, 0.15) is 17.5 Å². The molecule has 98 valence electrons. The summed E-state index contributed by atoms with van der Waals surface area (Å²) in [5.41, 5.74) is 9.34. The number of rotatable bonds is 6. The van der Waals surface area contributed by atoms with Crippen molar-refractivity contribution in [2.75, 3.05) is 24.6 Å². The fraction of sp³-hybridized carbons (Fsp3) is 0.500. The maximum Gasteiger partial charge on any atom is 0.137 e. The van der Waals surface area contributed by atoms with Crippen molar-refractivity contribution in [3.05, 3.63) is 29.3 Å². The highest BCUT2D eigenvalue weighted by Gasteiger charge is 2.18. The van der Waals surface area contributed by atoms with Crippen molar-refractivity contribution in [3.63, 3.8) is 0 Å². The number of aldehydes is 1. The highest BCUT2D eigenvalue weighted by atomic mass is 16.3. The molecule has 0 radical (unpaired) electrons. The SMILES string of the molecule is NC(C=O)Cc1ccc2c(c1)CCN2CCCO. The summed E-state index contributed by atoms with van der Waals surface area (Å²) in [4.78, 5) is 12.9. The average Bonchev–Trinajstić information content (AvgIpc) is 2.78. The second kappa shape index (κ2) is 5.98. The Bertz CT molecular complexity index is 420. The van der Waals surface area contributed by atoms with Gasteiger partial charge >= 0.3 is 0 Å². The Morgan fingerprint density at radius 3 is 3.06 bits per heavy atom. The lowest BCUT2D eigenvalue weighted by molar-refractivity contribution is -0.108. The molecule has 2 rings (SSSR count). The van der Waals surface area contributed by atoms with Gasteiger partial charge in [0, 0.05) is 25.4 Å². The Balaban J connectivity index is 2.07. The zero-order valence-corrected chi connectivity index (χ0v) is 10.5. The van der Waals surface area contributed by atoms with Gasteiger partial charge in [-0.05, 0) is 36.5 Å². The normalized spacial score (nSPS) is 15.6. The van der Waals surface area contributed by atoms with Crippen molar-refractivity contribution in [3.8, 4) is 0 Å². The van der Waals surface area contributed by atoms with Crippen LogP contribution in [0.3, 0.4) is 0 Å². The van der Waals surface area contributed by atoms with E-state index >= 15 is 0 Å². The Kier molecular flexibility index (Phi) is 4.33. The molecule has 0 spiro atoms. The lowest BCUT2D eigenvalue weighted by Crippen LogP contribution is -2.24. The fourth-order valence-electron chi connectivity index (χ4n) is 2.46. The van der Waals surface area contributed by atoms with E-state index in [0.29, 0.717) is 6.42 Å². The Morgan fingerprint density at radius 1 is 1.50 bits per heavy atom. The van der Waals surface area contributed by atoms with E-state index in [9.17, 15) is 4.79 Å². The lowest BCUT2D eigenvalue weighted by Gasteiger charge is -2.19. The summed E-state index contributed by atoms with van der Waals surface area (Å²) in [5, 5.41) is 8.87. The quantitative estimate of drug-likeness (QED) is 0.719. The molecule has 0 aliphatic carbocycles. The molecule has 4 nitrogen and oxygen atoms in total. The molecule has 0 aromatic heterocycles. The smallest absolute Gasteiger partial charge is 0.137 e. The third-order valence-corrected chi connectivity index (χ3v) is 3.37. The van der Waals surface area contributed by atoms with Crippen molar-refractivity contribution in [2.45, 2.75) is 25.3 Å². The fourth-order valence-corrected chi connectivity index (χ4v) is 2.46. The first-order valence-corrected chi connectivity index (χ1v) is 6.43. The highest BCUT2D eigenvalue weighted by Crippen LogP contribution is 2.29. The summed E-state index contributed by atoms with van der Waals surface area (Å²) in [7, 11) is 0. The minimum Gasteiger partial charge on any atom is -0.396 e. The molecule has 0 amide bonds. The van der Waals surface area contributed by atoms with E-state index in [0.717, 1.165) is 37.8 Å². The largest absolute Gasteiger partial charge is 0.396 e. The number of hydrogen-bond acceptors (Lipinski definition) is 4. The van der Waals surface area contributed by atoms with Gasteiger partial charge in [0.1, 0.15) is 6.29 Å². The summed E-state index contributed by atoms with van der Waals surface area (Å²) in [6, 6.07) is 5.89. The van der Waals surface area contributed by atoms with Gasteiger partial charge in [0.05, 0.1) is 6.04 Å². The first kappa shape index (κ1) is 13.1. The predicted octanol–water partition coefficient (Wildman–Crippen LogP) is 0.500. The van der Waals surface area contributed by atoms with Crippen LogP contribution in [0, 0.1) is 0 Å². The van der Waals surface area contributed by atoms with E-state index in [4.69, 9.17) is 10.8 Å². The summed E-state index contributed by atoms with van der Waals surface area (Å²) in [6.45, 7) is 2.15. The number of fused-ring (bicyclic) bond motifs is 1. The van der Waals surface area contributed by atoms with Gasteiger partial charge in [-0.25, -0.2) is 0 Å². The summed E-state index contributed by atoms with van der Waals surface area (Å²) >= 11 is 0. The van der Waals surface area contributed by atoms with Crippen molar-refractivity contribution in [1.82, 2.24) is 0 Å². The number of carbonyl (C=O) groups excluding carboxylic acids is 1. The van der Waals surface area contributed by atoms with Crippen LogP contribution in [0.15, 0.2) is 18.2 Å². The molecule has 18 heavy (non-hydrogen) atoms. The Labute approximate surface area is 107 Å². The number of anilines is 1. The van der Waals surface area contributed by atoms with Gasteiger partial charge in [0.2, 0.25) is 0 Å². The topological polar surface area (TPSA) is 66.6 Å². The molecule has 1 atom stereocenters. The van der Waals surface area contributed by atoms with Gasteiger partial charge < -0.3 is 20.5 Å². The number of nitrogens with zero attached hydrogens (tertiary/aromatic N) is 1. The van der Waals surface area contributed by atoms with E-state index in [2.05, 4.69) is 17.0 Å². The van der Waals surface area contributed by atoms with Crippen molar-refractivity contribution in [1.29, 1.82) is 0 Å². The number of aliphatic hydroxyl groups excluding tert-OH is 1. The predicted molar refractivity (Wildman–Crippen MR) is 71.8 cm³/mol. The highest BCUT2D eigenvalue weighted by molar-refractivity contribution is 5.61. The van der Waals surface area contributed by atoms with E-state index in [1.54, 1.807) is 0 Å². The van der Waals surface area contributed by atoms with Crippen molar-refractivity contribution in [2.24, 2.45) is 5.73 Å². The van der Waals surface area contributed by atoms with Gasteiger partial charge in [-0.15, -0.1) is 0 Å². The molecular formula is C14H20N2O2. The average molecular weight is 248 g/mol. The van der Waals surface area contributed by atoms with E-state index in [1.165, 1.54) is 11.3 Å². The number of nitrogens with two attached hydrogens (primary N) is 1. The molecule has 1 heterocycles. The number of benzene rings is 1. The maximum absolute atomic E-state index is 10.6. The summed E-state index contributed by atoms with van der Waals surface area (Å²) in [5.74, 6) is 0. The van der Waals surface area contributed by atoms with Crippen LogP contribution in [0.5, 0.6) is 0 Å². The minimum atomic E-state index is -0.407. The van der Waals surface area contributed by atoms with E-state index < -0.39 is 6.04 Å². The molecule has 1 aromatic rings. The number of aliphatic hydroxyl groups is 1. The van der Waals surface area contributed by atoms with Crippen LogP contribution >= 0.6 is 0 Å². The van der Waals surface area contributed by atoms with Crippen LogP contribution in [-0.2, 0) is 17.6 Å². The van der Waals surface area contributed by atoms with Crippen LogP contribution < -0.4 is 10.6 Å². The summed E-state index contributed by atoms with van der Waals surface area (Å²) < 4.78 is 0. The number of carbonyl (C=O) groups is 1. The molecular weight excluding hydrogens is 228 g/mol. The molecule has 0 bridgehead atoms. The Morgan fingerprint density at radius 2 is 2.33 bits per heavy atom. The minimum absolute atomic E-state index is 0.234. The van der Waals surface area contributed by atoms with Crippen molar-refractivity contribution < 1.29 is 9.90 Å². The summed E-state index contributed by atoms with van der Waals surface area (Å²) in [6.07, 6.45) is 3.23. The molecule has 0 fully saturated rings. The molecule has 0 saturated carbocycles. The standard InChI is InChI=1S/C14H20N2O2/c15-13(10-18)9-11-2-3-14-12(8-11)4-6-16(14)5-1-7-17/h2-3,8,10,13,17H,1,4-7,9,15H2. The van der Waals surface area contributed by atoms with Gasteiger partial charge in [0.25, 0.3) is 0 Å². The van der Waals surface area contributed by atoms with Gasteiger partial charge in [0.15, 0.2) is 0 Å². The Hall–Kier alpha value is -1.39. The first-order valence-electron chi connectivity index (χ1n) is 6.43. The number of hydrogen-bond donors (Lipinski definition) is 2. The molecule has 1 aromatic carbocycles. The van der Waals surface area contributed by atoms with Crippen LogP contribution in [0.25, 0.3) is 0 Å². The molecule has 1 aliphatic heterocycles. The third-order valence-electron chi connectivity index (χ3n) is 3.37. The van der Waals surface area contributed by atoms with Gasteiger partial charge in [-0.2, -0.15) is 0 Å². The van der Waals surface area contributed by atoms with E-state index in [-0.39, 0.29) is 6.61 Å². The van der Waals surface area contributed by atoms with Crippen LogP contribution in [-0.4, -0.2) is 37.1 Å². The second-order valence-corrected chi connectivity index (χ2v) is 4.78. The first-order chi connectivity index (χ1) is 8.74. The lowest BCUT2D eigenvalue weighted by atomic mass is 10.0. The maximum atomic E-state index is 10.6. The van der Waals surface area contributed by atoms with Crippen LogP contribution in [0.2, 0.25) is 0 Å². The van der Waals surface area contributed by atoms with Gasteiger partial charge in [-0.1, -0.05) is 12.1 Å². The molecule has 3 N–H and O–H groups in total. The van der Waals surface area contributed by atoms with Gasteiger partial charge in [-0.3, -0.25) is 0 Å². The third kappa shape index (κ3) is 2.89.